The molecule has 0 aromatic heterocycles. The highest BCUT2D eigenvalue weighted by Crippen LogP contribution is 2.68. The highest BCUT2D eigenvalue weighted by molar-refractivity contribution is 7.86. The third-order valence-corrected chi connectivity index (χ3v) is 13.8. The van der Waals surface area contributed by atoms with E-state index in [1.165, 1.54) is 77.0 Å². The zero-order valence-corrected chi connectivity index (χ0v) is 25.7. The van der Waals surface area contributed by atoms with Crippen molar-refractivity contribution < 1.29 is 12.6 Å². The SMILES string of the molecule is Cc1ccc(S(=O)(=O)OCC(C)CCC[C@@H](C)[C@H]2CC[C@H]3[C@@H]4CCC5CCCC[C@]5(C)[C@H]4CC[C@]23C)cc1. The first-order chi connectivity index (χ1) is 18.0. The largest absolute Gasteiger partial charge is 0.296 e. The molecule has 0 spiro atoms. The molecule has 214 valence electrons. The van der Waals surface area contributed by atoms with Crippen LogP contribution in [0.25, 0.3) is 0 Å². The van der Waals surface area contributed by atoms with Crippen molar-refractivity contribution in [2.24, 2.45) is 52.3 Å². The van der Waals surface area contributed by atoms with Gasteiger partial charge in [0.25, 0.3) is 10.1 Å². The smallest absolute Gasteiger partial charge is 0.266 e. The van der Waals surface area contributed by atoms with Crippen molar-refractivity contribution in [1.29, 1.82) is 0 Å². The van der Waals surface area contributed by atoms with Gasteiger partial charge in [-0.3, -0.25) is 4.18 Å². The van der Waals surface area contributed by atoms with E-state index < -0.39 is 10.1 Å². The van der Waals surface area contributed by atoms with Gasteiger partial charge in [0.1, 0.15) is 0 Å². The lowest BCUT2D eigenvalue weighted by Gasteiger charge is -2.61. The monoisotopic (exact) mass is 542 g/mol. The Morgan fingerprint density at radius 2 is 1.61 bits per heavy atom. The zero-order valence-electron chi connectivity index (χ0n) is 24.9. The highest BCUT2D eigenvalue weighted by atomic mass is 32.2. The summed E-state index contributed by atoms with van der Waals surface area (Å²) in [4.78, 5) is 0.258. The molecule has 4 heteroatoms. The summed E-state index contributed by atoms with van der Waals surface area (Å²) < 4.78 is 30.5. The van der Waals surface area contributed by atoms with Gasteiger partial charge in [-0.2, -0.15) is 8.42 Å². The van der Waals surface area contributed by atoms with Gasteiger partial charge in [0.15, 0.2) is 0 Å². The summed E-state index contributed by atoms with van der Waals surface area (Å²) in [7, 11) is -3.67. The van der Waals surface area contributed by atoms with Gasteiger partial charge >= 0.3 is 0 Å². The molecule has 1 aromatic carbocycles. The maximum absolute atomic E-state index is 12.5. The number of benzene rings is 1. The van der Waals surface area contributed by atoms with Crippen LogP contribution in [0.5, 0.6) is 0 Å². The van der Waals surface area contributed by atoms with E-state index in [1.54, 1.807) is 12.1 Å². The van der Waals surface area contributed by atoms with E-state index in [4.69, 9.17) is 4.18 Å². The van der Waals surface area contributed by atoms with Gasteiger partial charge in [0.05, 0.1) is 11.5 Å². The van der Waals surface area contributed by atoms with Crippen LogP contribution in [0.15, 0.2) is 29.2 Å². The Balaban J connectivity index is 1.11. The van der Waals surface area contributed by atoms with Gasteiger partial charge < -0.3 is 0 Å². The molecule has 5 rings (SSSR count). The van der Waals surface area contributed by atoms with Crippen molar-refractivity contribution in [2.75, 3.05) is 6.61 Å². The average Bonchev–Trinajstić information content (AvgIpc) is 3.25. The second-order valence-electron chi connectivity index (χ2n) is 14.7. The fraction of sp³-hybridized carbons (Fsp3) is 0.824. The molecule has 1 aromatic rings. The van der Waals surface area contributed by atoms with Gasteiger partial charge in [-0.05, 0) is 129 Å². The van der Waals surface area contributed by atoms with Gasteiger partial charge in [-0.25, -0.2) is 0 Å². The van der Waals surface area contributed by atoms with E-state index in [0.717, 1.165) is 47.5 Å². The lowest BCUT2D eigenvalue weighted by molar-refractivity contribution is -0.114. The van der Waals surface area contributed by atoms with Crippen molar-refractivity contribution in [2.45, 2.75) is 123 Å². The number of hydrogen-bond acceptors (Lipinski definition) is 3. The van der Waals surface area contributed by atoms with E-state index >= 15 is 0 Å². The predicted octanol–water partition coefficient (Wildman–Crippen LogP) is 9.19. The molecule has 0 amide bonds. The van der Waals surface area contributed by atoms with Gasteiger partial charge in [-0.1, -0.05) is 71.1 Å². The molecule has 0 aliphatic heterocycles. The summed E-state index contributed by atoms with van der Waals surface area (Å²) in [6.07, 6.45) is 18.3. The standard InChI is InChI=1S/C34H54O3S/c1-24-12-15-28(16-13-24)38(35,36)37-23-25(2)9-8-10-26(3)30-18-19-31-29-17-14-27-11-6-7-21-33(27,4)32(29)20-22-34(30,31)5/h12-13,15-16,25-27,29-32H,6-11,14,17-23H2,1-5H3/t25?,26-,27?,29+,30-,31+,32+,33+,34-/m1/s1. The van der Waals surface area contributed by atoms with Crippen molar-refractivity contribution in [3.8, 4) is 0 Å². The normalized spacial score (nSPS) is 38.6. The van der Waals surface area contributed by atoms with Crippen LogP contribution in [-0.4, -0.2) is 15.0 Å². The fourth-order valence-electron chi connectivity index (χ4n) is 10.3. The van der Waals surface area contributed by atoms with Gasteiger partial charge in [-0.15, -0.1) is 0 Å². The number of hydrogen-bond donors (Lipinski definition) is 0. The Morgan fingerprint density at radius 3 is 2.37 bits per heavy atom. The summed E-state index contributed by atoms with van der Waals surface area (Å²) in [6.45, 7) is 12.3. The molecule has 0 bridgehead atoms. The lowest BCUT2D eigenvalue weighted by atomic mass is 9.44. The highest BCUT2D eigenvalue weighted by Gasteiger charge is 2.60. The minimum absolute atomic E-state index is 0.246. The molecule has 3 nitrogen and oxygen atoms in total. The van der Waals surface area contributed by atoms with Gasteiger partial charge in [0.2, 0.25) is 0 Å². The molecule has 0 radical (unpaired) electrons. The molecule has 4 aliphatic carbocycles. The maximum atomic E-state index is 12.5. The van der Waals surface area contributed by atoms with Crippen LogP contribution in [0.1, 0.15) is 117 Å². The second-order valence-corrected chi connectivity index (χ2v) is 16.3. The summed E-state index contributed by atoms with van der Waals surface area (Å²) in [5.74, 6) is 5.80. The Morgan fingerprint density at radius 1 is 0.868 bits per heavy atom. The summed E-state index contributed by atoms with van der Waals surface area (Å²) >= 11 is 0. The van der Waals surface area contributed by atoms with E-state index in [0.29, 0.717) is 10.8 Å². The minimum atomic E-state index is -3.67. The van der Waals surface area contributed by atoms with Gasteiger partial charge in [0, 0.05) is 0 Å². The maximum Gasteiger partial charge on any atom is 0.296 e. The van der Waals surface area contributed by atoms with E-state index in [1.807, 2.05) is 19.1 Å². The average molecular weight is 543 g/mol. The summed E-state index contributed by atoms with van der Waals surface area (Å²) in [6, 6.07) is 6.92. The molecule has 4 aliphatic rings. The minimum Gasteiger partial charge on any atom is -0.266 e. The van der Waals surface area contributed by atoms with Crippen LogP contribution in [0, 0.1) is 59.2 Å². The Bertz CT molecular complexity index is 1050. The van der Waals surface area contributed by atoms with Crippen LogP contribution in [-0.2, 0) is 14.3 Å². The molecular weight excluding hydrogens is 488 g/mol. The molecule has 0 saturated heterocycles. The van der Waals surface area contributed by atoms with Crippen molar-refractivity contribution >= 4 is 10.1 Å². The number of fused-ring (bicyclic) bond motifs is 5. The Kier molecular flexibility index (Phi) is 8.44. The molecule has 38 heavy (non-hydrogen) atoms. The van der Waals surface area contributed by atoms with E-state index in [2.05, 4.69) is 27.7 Å². The van der Waals surface area contributed by atoms with E-state index in [-0.39, 0.29) is 17.4 Å². The Labute approximate surface area is 234 Å². The fourth-order valence-corrected chi connectivity index (χ4v) is 11.3. The molecule has 9 atom stereocenters. The first kappa shape index (κ1) is 28.7. The molecule has 0 heterocycles. The van der Waals surface area contributed by atoms with Crippen LogP contribution in [0.2, 0.25) is 0 Å². The first-order valence-corrected chi connectivity index (χ1v) is 17.4. The van der Waals surface area contributed by atoms with Crippen LogP contribution < -0.4 is 0 Å². The topological polar surface area (TPSA) is 43.4 Å². The van der Waals surface area contributed by atoms with E-state index in [9.17, 15) is 8.42 Å². The summed E-state index contributed by atoms with van der Waals surface area (Å²) in [5, 5.41) is 0. The quantitative estimate of drug-likeness (QED) is 0.292. The predicted molar refractivity (Wildman–Crippen MR) is 156 cm³/mol. The third kappa shape index (κ3) is 5.39. The molecule has 2 unspecified atom stereocenters. The van der Waals surface area contributed by atoms with Crippen molar-refractivity contribution in [3.63, 3.8) is 0 Å². The van der Waals surface area contributed by atoms with Crippen LogP contribution >= 0.6 is 0 Å². The van der Waals surface area contributed by atoms with Crippen molar-refractivity contribution in [3.05, 3.63) is 29.8 Å². The first-order valence-electron chi connectivity index (χ1n) is 16.0. The van der Waals surface area contributed by atoms with Crippen LogP contribution in [0.4, 0.5) is 0 Å². The molecule has 0 N–H and O–H groups in total. The molecule has 4 fully saturated rings. The number of rotatable bonds is 9. The van der Waals surface area contributed by atoms with Crippen LogP contribution in [0.3, 0.4) is 0 Å². The number of aryl methyl sites for hydroxylation is 1. The zero-order chi connectivity index (χ0) is 27.1. The molecular formula is C34H54O3S. The molecule has 4 saturated carbocycles. The third-order valence-electron chi connectivity index (χ3n) is 12.5. The summed E-state index contributed by atoms with van der Waals surface area (Å²) in [5.41, 5.74) is 2.22. The Hall–Kier alpha value is -0.870. The second kappa shape index (κ2) is 11.2. The lowest BCUT2D eigenvalue weighted by Crippen LogP contribution is -2.53. The van der Waals surface area contributed by atoms with Crippen molar-refractivity contribution in [1.82, 2.24) is 0 Å².